The maximum atomic E-state index is 13.4. The van der Waals surface area contributed by atoms with Crippen molar-refractivity contribution in [3.63, 3.8) is 0 Å². The fourth-order valence-electron chi connectivity index (χ4n) is 2.75. The van der Waals surface area contributed by atoms with E-state index in [4.69, 9.17) is 0 Å². The lowest BCUT2D eigenvalue weighted by Crippen LogP contribution is -2.19. The highest BCUT2D eigenvalue weighted by Crippen LogP contribution is 2.37. The first-order valence-electron chi connectivity index (χ1n) is 8.07. The predicted octanol–water partition coefficient (Wildman–Crippen LogP) is 3.76. The summed E-state index contributed by atoms with van der Waals surface area (Å²) in [4.78, 5) is 38.0. The molecule has 0 fully saturated rings. The van der Waals surface area contributed by atoms with Gasteiger partial charge in [0, 0.05) is 29.6 Å². The molecule has 0 saturated carbocycles. The lowest BCUT2D eigenvalue weighted by Gasteiger charge is -2.16. The molecule has 6 nitrogen and oxygen atoms in total. The van der Waals surface area contributed by atoms with Gasteiger partial charge in [0.2, 0.25) is 11.5 Å². The second-order valence-electron chi connectivity index (χ2n) is 5.99. The molecule has 2 aromatic carbocycles. The number of aromatic nitrogens is 1. The van der Waals surface area contributed by atoms with Crippen LogP contribution in [0.3, 0.4) is 0 Å². The number of carbonyl (C=O) groups is 2. The molecular formula is C19H14F3N3O3. The van der Waals surface area contributed by atoms with Crippen LogP contribution in [0.1, 0.15) is 22.8 Å². The van der Waals surface area contributed by atoms with Crippen LogP contribution in [-0.2, 0) is 11.0 Å². The summed E-state index contributed by atoms with van der Waals surface area (Å²) >= 11 is 0. The number of alkyl halides is 3. The molecule has 2 amide bonds. The molecule has 0 aliphatic carbocycles. The van der Waals surface area contributed by atoms with Crippen LogP contribution in [0.25, 0.3) is 10.9 Å². The molecule has 3 aromatic rings. The molecule has 0 unspecified atom stereocenters. The number of para-hydroxylation sites is 1. The number of H-pyrrole nitrogens is 1. The van der Waals surface area contributed by atoms with Crippen LogP contribution in [0.2, 0.25) is 0 Å². The molecule has 1 heterocycles. The Labute approximate surface area is 156 Å². The molecule has 0 atom stereocenters. The van der Waals surface area contributed by atoms with Crippen molar-refractivity contribution in [3.8, 4) is 0 Å². The molecule has 1 aromatic heterocycles. The van der Waals surface area contributed by atoms with Gasteiger partial charge in [-0.05, 0) is 24.3 Å². The molecule has 144 valence electrons. The maximum absolute atomic E-state index is 13.4. The van der Waals surface area contributed by atoms with Crippen LogP contribution in [0, 0.1) is 0 Å². The van der Waals surface area contributed by atoms with Gasteiger partial charge in [-0.3, -0.25) is 14.4 Å². The van der Waals surface area contributed by atoms with E-state index in [2.05, 4.69) is 15.6 Å². The van der Waals surface area contributed by atoms with Crippen molar-refractivity contribution in [2.24, 2.45) is 0 Å². The number of halogens is 3. The second kappa shape index (κ2) is 7.18. The summed E-state index contributed by atoms with van der Waals surface area (Å²) in [6.45, 7) is 1.17. The summed E-state index contributed by atoms with van der Waals surface area (Å²) in [5.74, 6) is -1.39. The van der Waals surface area contributed by atoms with E-state index in [0.717, 1.165) is 18.2 Å². The van der Waals surface area contributed by atoms with E-state index in [1.807, 2.05) is 0 Å². The Bertz CT molecular complexity index is 1140. The van der Waals surface area contributed by atoms with Gasteiger partial charge in [0.25, 0.3) is 5.91 Å². The number of pyridine rings is 1. The number of hydrogen-bond donors (Lipinski definition) is 3. The first-order valence-corrected chi connectivity index (χ1v) is 8.07. The molecule has 3 rings (SSSR count). The molecule has 3 N–H and O–H groups in total. The van der Waals surface area contributed by atoms with Gasteiger partial charge in [-0.1, -0.05) is 18.2 Å². The minimum atomic E-state index is -4.77. The van der Waals surface area contributed by atoms with E-state index in [9.17, 15) is 27.6 Å². The Morgan fingerprint density at radius 3 is 2.39 bits per heavy atom. The van der Waals surface area contributed by atoms with Crippen LogP contribution in [0.15, 0.2) is 53.3 Å². The molecule has 0 bridgehead atoms. The fourth-order valence-corrected chi connectivity index (χ4v) is 2.75. The summed E-state index contributed by atoms with van der Waals surface area (Å²) in [7, 11) is 0. The standard InChI is InChI=1S/C19H14F3N3O3/c1-10(26)23-11-6-7-16(14(8-11)19(20,21)22)25-18(28)13-9-17(27)24-15-5-3-2-4-12(13)15/h2-9H,1H3,(H,23,26)(H,24,27)(H,25,28). The zero-order valence-corrected chi connectivity index (χ0v) is 14.5. The van der Waals surface area contributed by atoms with Crippen molar-refractivity contribution in [2.75, 3.05) is 10.6 Å². The number of carbonyl (C=O) groups excluding carboxylic acids is 2. The van der Waals surface area contributed by atoms with E-state index in [0.29, 0.717) is 10.9 Å². The first kappa shape index (κ1) is 19.2. The van der Waals surface area contributed by atoms with Crippen molar-refractivity contribution in [3.05, 3.63) is 70.0 Å². The third-order valence-corrected chi connectivity index (χ3v) is 3.89. The molecule has 28 heavy (non-hydrogen) atoms. The minimum absolute atomic E-state index is 0.0561. The molecule has 0 spiro atoms. The molecule has 0 radical (unpaired) electrons. The zero-order valence-electron chi connectivity index (χ0n) is 14.5. The van der Waals surface area contributed by atoms with Crippen LogP contribution < -0.4 is 16.2 Å². The summed E-state index contributed by atoms with van der Waals surface area (Å²) in [6, 6.07) is 10.5. The summed E-state index contributed by atoms with van der Waals surface area (Å²) < 4.78 is 40.3. The van der Waals surface area contributed by atoms with Crippen LogP contribution in [0.5, 0.6) is 0 Å². The van der Waals surface area contributed by atoms with E-state index in [-0.39, 0.29) is 11.3 Å². The van der Waals surface area contributed by atoms with Crippen LogP contribution in [-0.4, -0.2) is 16.8 Å². The summed E-state index contributed by atoms with van der Waals surface area (Å²) in [5.41, 5.74) is -1.90. The van der Waals surface area contributed by atoms with Gasteiger partial charge in [-0.25, -0.2) is 0 Å². The number of anilines is 2. The van der Waals surface area contributed by atoms with E-state index >= 15 is 0 Å². The van der Waals surface area contributed by atoms with Gasteiger partial charge < -0.3 is 15.6 Å². The van der Waals surface area contributed by atoms with Crippen molar-refractivity contribution < 1.29 is 22.8 Å². The maximum Gasteiger partial charge on any atom is 0.418 e. The lowest BCUT2D eigenvalue weighted by molar-refractivity contribution is -0.137. The van der Waals surface area contributed by atoms with Gasteiger partial charge in [0.1, 0.15) is 0 Å². The highest BCUT2D eigenvalue weighted by atomic mass is 19.4. The predicted molar refractivity (Wildman–Crippen MR) is 98.3 cm³/mol. The Kier molecular flexibility index (Phi) is 4.91. The van der Waals surface area contributed by atoms with Gasteiger partial charge in [-0.2, -0.15) is 13.2 Å². The lowest BCUT2D eigenvalue weighted by atomic mass is 10.1. The quantitative estimate of drug-likeness (QED) is 0.637. The number of nitrogens with one attached hydrogen (secondary N) is 3. The van der Waals surface area contributed by atoms with Gasteiger partial charge in [-0.15, -0.1) is 0 Å². The fraction of sp³-hybridized carbons (Fsp3) is 0.105. The molecule has 0 aliphatic rings. The number of hydrogen-bond acceptors (Lipinski definition) is 3. The monoisotopic (exact) mass is 389 g/mol. The Balaban J connectivity index is 2.03. The Morgan fingerprint density at radius 2 is 1.71 bits per heavy atom. The number of benzene rings is 2. The van der Waals surface area contributed by atoms with Crippen molar-refractivity contribution in [2.45, 2.75) is 13.1 Å². The normalized spacial score (nSPS) is 11.3. The smallest absolute Gasteiger partial charge is 0.326 e. The summed E-state index contributed by atoms with van der Waals surface area (Å²) in [6.07, 6.45) is -4.77. The third-order valence-electron chi connectivity index (χ3n) is 3.89. The van der Waals surface area contributed by atoms with E-state index in [1.54, 1.807) is 24.3 Å². The average Bonchev–Trinajstić information content (AvgIpc) is 2.60. The van der Waals surface area contributed by atoms with Crippen LogP contribution >= 0.6 is 0 Å². The number of aromatic amines is 1. The topological polar surface area (TPSA) is 91.1 Å². The average molecular weight is 389 g/mol. The third kappa shape index (κ3) is 4.03. The number of fused-ring (bicyclic) bond motifs is 1. The van der Waals surface area contributed by atoms with Crippen molar-refractivity contribution in [1.82, 2.24) is 4.98 Å². The minimum Gasteiger partial charge on any atom is -0.326 e. The summed E-state index contributed by atoms with van der Waals surface area (Å²) in [5, 5.41) is 4.86. The molecule has 0 aliphatic heterocycles. The van der Waals surface area contributed by atoms with E-state index in [1.165, 1.54) is 13.0 Å². The molecule has 9 heteroatoms. The highest BCUT2D eigenvalue weighted by molar-refractivity contribution is 6.12. The number of amides is 2. The van der Waals surface area contributed by atoms with Gasteiger partial charge >= 0.3 is 6.18 Å². The van der Waals surface area contributed by atoms with Crippen LogP contribution in [0.4, 0.5) is 24.5 Å². The Morgan fingerprint density at radius 1 is 1.00 bits per heavy atom. The number of rotatable bonds is 3. The highest BCUT2D eigenvalue weighted by Gasteiger charge is 2.34. The zero-order chi connectivity index (χ0) is 20.5. The molecular weight excluding hydrogens is 375 g/mol. The largest absolute Gasteiger partial charge is 0.418 e. The SMILES string of the molecule is CC(=O)Nc1ccc(NC(=O)c2cc(=O)[nH]c3ccccc23)c(C(F)(F)F)c1. The first-order chi connectivity index (χ1) is 13.1. The van der Waals surface area contributed by atoms with Gasteiger partial charge in [0.05, 0.1) is 16.8 Å². The van der Waals surface area contributed by atoms with Crippen molar-refractivity contribution in [1.29, 1.82) is 0 Å². The van der Waals surface area contributed by atoms with Crippen molar-refractivity contribution >= 4 is 34.1 Å². The van der Waals surface area contributed by atoms with Gasteiger partial charge in [0.15, 0.2) is 0 Å². The second-order valence-corrected chi connectivity index (χ2v) is 5.99. The Hall–Kier alpha value is -3.62. The van der Waals surface area contributed by atoms with E-state index < -0.39 is 34.8 Å². The molecule has 0 saturated heterocycles.